The highest BCUT2D eigenvalue weighted by atomic mass is 19.1. The lowest BCUT2D eigenvalue weighted by Crippen LogP contribution is -2.09. The van der Waals surface area contributed by atoms with E-state index < -0.39 is 6.10 Å². The van der Waals surface area contributed by atoms with E-state index in [0.29, 0.717) is 18.1 Å². The summed E-state index contributed by atoms with van der Waals surface area (Å²) in [7, 11) is 3.18. The molecule has 2 heterocycles. The predicted octanol–water partition coefficient (Wildman–Crippen LogP) is 4.25. The summed E-state index contributed by atoms with van der Waals surface area (Å²) in [6.07, 6.45) is 1.50. The van der Waals surface area contributed by atoms with Crippen LogP contribution in [-0.2, 0) is 11.3 Å². The first-order chi connectivity index (χ1) is 12.2. The van der Waals surface area contributed by atoms with Crippen molar-refractivity contribution < 1.29 is 18.6 Å². The average molecular weight is 339 g/mol. The van der Waals surface area contributed by atoms with Crippen LogP contribution in [0.1, 0.15) is 22.9 Å². The van der Waals surface area contributed by atoms with Gasteiger partial charge in [0.05, 0.1) is 26.5 Å². The number of nitrogens with zero attached hydrogens (tertiary/aromatic N) is 1. The third-order valence-electron chi connectivity index (χ3n) is 4.48. The first kappa shape index (κ1) is 15.7. The molecule has 0 amide bonds. The zero-order valence-corrected chi connectivity index (χ0v) is 14.0. The third kappa shape index (κ3) is 2.57. The van der Waals surface area contributed by atoms with Crippen LogP contribution in [0.25, 0.3) is 5.69 Å². The van der Waals surface area contributed by atoms with E-state index in [4.69, 9.17) is 14.2 Å². The minimum atomic E-state index is -0.462. The lowest BCUT2D eigenvalue weighted by Gasteiger charge is -2.22. The van der Waals surface area contributed by atoms with Crippen LogP contribution in [-0.4, -0.2) is 18.8 Å². The molecule has 0 saturated carbocycles. The number of para-hydroxylation sites is 1. The molecule has 0 saturated heterocycles. The topological polar surface area (TPSA) is 32.6 Å². The monoisotopic (exact) mass is 339 g/mol. The molecular formula is C20H18FNO3. The molecule has 4 rings (SSSR count). The summed E-state index contributed by atoms with van der Waals surface area (Å²) in [5.74, 6) is 0.909. The van der Waals surface area contributed by atoms with E-state index in [9.17, 15) is 4.39 Å². The Balaban J connectivity index is 1.93. The van der Waals surface area contributed by atoms with Crippen LogP contribution >= 0.6 is 0 Å². The number of benzene rings is 2. The Morgan fingerprint density at radius 1 is 1.04 bits per heavy atom. The normalized spacial score (nSPS) is 15.9. The molecule has 0 radical (unpaired) electrons. The molecule has 0 spiro atoms. The van der Waals surface area contributed by atoms with Gasteiger partial charge in [0, 0.05) is 23.0 Å². The zero-order chi connectivity index (χ0) is 17.4. The van der Waals surface area contributed by atoms with E-state index in [1.54, 1.807) is 20.3 Å². The van der Waals surface area contributed by atoms with Crippen molar-refractivity contribution in [2.24, 2.45) is 0 Å². The molecular weight excluding hydrogens is 321 g/mol. The smallest absolute Gasteiger partial charge is 0.166 e. The standard InChI is InChI=1S/C20H18FNO3/c1-23-18-7-3-6-15(20(18)24-2)19-16-11-13(21)8-9-17(16)22-10-4-5-14(22)12-25-19/h3-11,19H,12H2,1-2H3/t19-/m1/s1. The number of methoxy groups -OCH3 is 2. The van der Waals surface area contributed by atoms with E-state index >= 15 is 0 Å². The number of aromatic nitrogens is 1. The Hall–Kier alpha value is -2.79. The van der Waals surface area contributed by atoms with Crippen molar-refractivity contribution in [2.75, 3.05) is 14.2 Å². The molecule has 1 aliphatic rings. The summed E-state index contributed by atoms with van der Waals surface area (Å²) in [6.45, 7) is 0.411. The second kappa shape index (κ2) is 6.26. The fourth-order valence-corrected chi connectivity index (χ4v) is 3.36. The Labute approximate surface area is 145 Å². The molecule has 0 fully saturated rings. The van der Waals surface area contributed by atoms with Gasteiger partial charge in [-0.05, 0) is 36.4 Å². The van der Waals surface area contributed by atoms with E-state index in [2.05, 4.69) is 0 Å². The Bertz CT molecular complexity index is 919. The van der Waals surface area contributed by atoms with Gasteiger partial charge in [-0.2, -0.15) is 0 Å². The van der Waals surface area contributed by atoms with Crippen LogP contribution in [0.4, 0.5) is 4.39 Å². The van der Waals surface area contributed by atoms with Crippen molar-refractivity contribution in [2.45, 2.75) is 12.7 Å². The molecule has 128 valence electrons. The number of hydrogen-bond donors (Lipinski definition) is 0. The van der Waals surface area contributed by atoms with Gasteiger partial charge < -0.3 is 18.8 Å². The maximum absolute atomic E-state index is 14.0. The van der Waals surface area contributed by atoms with Crippen LogP contribution in [0.2, 0.25) is 0 Å². The van der Waals surface area contributed by atoms with Crippen LogP contribution < -0.4 is 9.47 Å². The first-order valence-corrected chi connectivity index (χ1v) is 8.01. The maximum atomic E-state index is 14.0. The van der Waals surface area contributed by atoms with Crippen molar-refractivity contribution in [3.05, 3.63) is 77.4 Å². The Morgan fingerprint density at radius 2 is 1.92 bits per heavy atom. The highest BCUT2D eigenvalue weighted by molar-refractivity contribution is 5.54. The van der Waals surface area contributed by atoms with Crippen LogP contribution in [0.15, 0.2) is 54.7 Å². The lowest BCUT2D eigenvalue weighted by atomic mass is 9.98. The van der Waals surface area contributed by atoms with Gasteiger partial charge in [-0.25, -0.2) is 4.39 Å². The number of hydrogen-bond acceptors (Lipinski definition) is 3. The summed E-state index contributed by atoms with van der Waals surface area (Å²) < 4.78 is 33.2. The molecule has 0 aliphatic carbocycles. The molecule has 2 aromatic carbocycles. The molecule has 0 bridgehead atoms. The van der Waals surface area contributed by atoms with Crippen molar-refractivity contribution in [1.82, 2.24) is 4.57 Å². The summed E-state index contributed by atoms with van der Waals surface area (Å²) in [5, 5.41) is 0. The quantitative estimate of drug-likeness (QED) is 0.715. The van der Waals surface area contributed by atoms with Crippen molar-refractivity contribution in [1.29, 1.82) is 0 Å². The fourth-order valence-electron chi connectivity index (χ4n) is 3.36. The molecule has 0 N–H and O–H groups in total. The second-order valence-corrected chi connectivity index (χ2v) is 5.85. The highest BCUT2D eigenvalue weighted by Crippen LogP contribution is 2.42. The van der Waals surface area contributed by atoms with Crippen molar-refractivity contribution >= 4 is 0 Å². The molecule has 0 unspecified atom stereocenters. The maximum Gasteiger partial charge on any atom is 0.166 e. The van der Waals surface area contributed by atoms with E-state index in [0.717, 1.165) is 22.5 Å². The first-order valence-electron chi connectivity index (χ1n) is 8.01. The van der Waals surface area contributed by atoms with E-state index in [1.165, 1.54) is 12.1 Å². The minimum absolute atomic E-state index is 0.301. The average Bonchev–Trinajstić information content (AvgIpc) is 3.04. The molecule has 3 aromatic rings. The Kier molecular flexibility index (Phi) is 3.93. The molecule has 1 aromatic heterocycles. The SMILES string of the molecule is COc1cccc([C@H]2OCc3cccn3-c3ccc(F)cc32)c1OC. The zero-order valence-electron chi connectivity index (χ0n) is 14.0. The van der Waals surface area contributed by atoms with E-state index in [-0.39, 0.29) is 5.82 Å². The van der Waals surface area contributed by atoms with Crippen LogP contribution in [0.5, 0.6) is 11.5 Å². The second-order valence-electron chi connectivity index (χ2n) is 5.85. The van der Waals surface area contributed by atoms with E-state index in [1.807, 2.05) is 41.1 Å². The number of fused-ring (bicyclic) bond motifs is 3. The van der Waals surface area contributed by atoms with Crippen LogP contribution in [0.3, 0.4) is 0 Å². The van der Waals surface area contributed by atoms with Gasteiger partial charge in [-0.15, -0.1) is 0 Å². The van der Waals surface area contributed by atoms with Gasteiger partial charge in [0.25, 0.3) is 0 Å². The number of ether oxygens (including phenoxy) is 3. The molecule has 1 aliphatic heterocycles. The van der Waals surface area contributed by atoms with Crippen molar-refractivity contribution in [3.8, 4) is 17.2 Å². The van der Waals surface area contributed by atoms with Gasteiger partial charge in [0.15, 0.2) is 11.5 Å². The van der Waals surface area contributed by atoms with Gasteiger partial charge >= 0.3 is 0 Å². The fraction of sp³-hybridized carbons (Fsp3) is 0.200. The van der Waals surface area contributed by atoms with Crippen LogP contribution in [0, 0.1) is 5.82 Å². The molecule has 4 nitrogen and oxygen atoms in total. The summed E-state index contributed by atoms with van der Waals surface area (Å²) >= 11 is 0. The number of rotatable bonds is 3. The lowest BCUT2D eigenvalue weighted by molar-refractivity contribution is 0.0658. The summed E-state index contributed by atoms with van der Waals surface area (Å²) in [4.78, 5) is 0. The molecule has 5 heteroatoms. The van der Waals surface area contributed by atoms with Gasteiger partial charge in [-0.3, -0.25) is 0 Å². The summed E-state index contributed by atoms with van der Waals surface area (Å²) in [5.41, 5.74) is 3.46. The van der Waals surface area contributed by atoms with Gasteiger partial charge in [0.2, 0.25) is 0 Å². The largest absolute Gasteiger partial charge is 0.493 e. The Morgan fingerprint density at radius 3 is 2.72 bits per heavy atom. The predicted molar refractivity (Wildman–Crippen MR) is 91.9 cm³/mol. The third-order valence-corrected chi connectivity index (χ3v) is 4.48. The molecule has 1 atom stereocenters. The number of halogens is 1. The molecule has 25 heavy (non-hydrogen) atoms. The van der Waals surface area contributed by atoms with Gasteiger partial charge in [0.1, 0.15) is 11.9 Å². The summed E-state index contributed by atoms with van der Waals surface area (Å²) in [6, 6.07) is 14.3. The van der Waals surface area contributed by atoms with Gasteiger partial charge in [-0.1, -0.05) is 12.1 Å². The van der Waals surface area contributed by atoms with Crippen molar-refractivity contribution in [3.63, 3.8) is 0 Å². The minimum Gasteiger partial charge on any atom is -0.493 e. The highest BCUT2D eigenvalue weighted by Gasteiger charge is 2.28.